The highest BCUT2D eigenvalue weighted by Gasteiger charge is 2.43. The Balaban J connectivity index is 1.57. The van der Waals surface area contributed by atoms with Crippen LogP contribution in [-0.2, 0) is 4.79 Å². The van der Waals surface area contributed by atoms with Crippen molar-refractivity contribution in [2.75, 3.05) is 5.32 Å². The SMILES string of the molecule is CC1(C)C=C2NC(Nc3nc4ccccc4o3)=N[C@H](c3ccccc3Cl)[C@H]2C(=O)C1. The molecule has 0 saturated heterocycles. The third-order valence-corrected chi connectivity index (χ3v) is 5.79. The molecule has 0 amide bonds. The van der Waals surface area contributed by atoms with E-state index in [1.807, 2.05) is 48.5 Å². The number of aliphatic imine (C=N–C) groups is 1. The number of carbonyl (C=O) groups is 1. The quantitative estimate of drug-likeness (QED) is 0.603. The van der Waals surface area contributed by atoms with Crippen molar-refractivity contribution < 1.29 is 9.21 Å². The van der Waals surface area contributed by atoms with Gasteiger partial charge in [0.05, 0.1) is 12.0 Å². The van der Waals surface area contributed by atoms with Gasteiger partial charge in [-0.2, -0.15) is 4.98 Å². The molecule has 3 aromatic rings. The molecule has 2 aliphatic rings. The minimum atomic E-state index is -0.429. The largest absolute Gasteiger partial charge is 0.423 e. The number of oxazole rings is 1. The Morgan fingerprint density at radius 3 is 2.73 bits per heavy atom. The number of Topliss-reactive ketones (excluding diaryl/α,β-unsaturated/α-hetero) is 1. The monoisotopic (exact) mass is 420 g/mol. The molecule has 2 N–H and O–H groups in total. The van der Waals surface area contributed by atoms with Crippen LogP contribution in [0.2, 0.25) is 5.02 Å². The van der Waals surface area contributed by atoms with Gasteiger partial charge in [-0.05, 0) is 29.2 Å². The molecule has 2 heterocycles. The smallest absolute Gasteiger partial charge is 0.302 e. The van der Waals surface area contributed by atoms with Gasteiger partial charge in [0.25, 0.3) is 0 Å². The van der Waals surface area contributed by atoms with Gasteiger partial charge in [0.1, 0.15) is 11.3 Å². The van der Waals surface area contributed by atoms with Crippen LogP contribution in [0.25, 0.3) is 11.1 Å². The summed E-state index contributed by atoms with van der Waals surface area (Å²) in [5.74, 6) is 0.228. The van der Waals surface area contributed by atoms with E-state index in [0.717, 1.165) is 16.8 Å². The van der Waals surface area contributed by atoms with Gasteiger partial charge >= 0.3 is 6.01 Å². The molecule has 0 radical (unpaired) electrons. The zero-order valence-electron chi connectivity index (χ0n) is 16.6. The average Bonchev–Trinajstić information content (AvgIpc) is 3.08. The molecule has 6 nitrogen and oxygen atoms in total. The Kier molecular flexibility index (Phi) is 4.40. The number of anilines is 1. The number of nitrogens with zero attached hydrogens (tertiary/aromatic N) is 2. The van der Waals surface area contributed by atoms with E-state index in [-0.39, 0.29) is 11.2 Å². The first-order valence-electron chi connectivity index (χ1n) is 9.87. The molecule has 30 heavy (non-hydrogen) atoms. The molecule has 2 atom stereocenters. The van der Waals surface area contributed by atoms with Gasteiger partial charge < -0.3 is 9.73 Å². The van der Waals surface area contributed by atoms with Crippen LogP contribution in [0.5, 0.6) is 0 Å². The fraction of sp³-hybridized carbons (Fsp3) is 0.261. The summed E-state index contributed by atoms with van der Waals surface area (Å²) in [6.07, 6.45) is 2.58. The molecule has 5 rings (SSSR count). The maximum Gasteiger partial charge on any atom is 0.302 e. The molecule has 1 aromatic heterocycles. The first-order chi connectivity index (χ1) is 14.4. The van der Waals surface area contributed by atoms with Crippen molar-refractivity contribution in [3.05, 3.63) is 70.9 Å². The molecule has 0 unspecified atom stereocenters. The van der Waals surface area contributed by atoms with Crippen LogP contribution in [0.3, 0.4) is 0 Å². The van der Waals surface area contributed by atoms with Crippen LogP contribution in [0.1, 0.15) is 31.9 Å². The number of allylic oxidation sites excluding steroid dienone is 1. The number of hydrogen-bond donors (Lipinski definition) is 2. The van der Waals surface area contributed by atoms with E-state index in [1.165, 1.54) is 0 Å². The Morgan fingerprint density at radius 2 is 1.93 bits per heavy atom. The van der Waals surface area contributed by atoms with Crippen LogP contribution >= 0.6 is 11.6 Å². The molecule has 0 bridgehead atoms. The molecular weight excluding hydrogens is 400 g/mol. The van der Waals surface area contributed by atoms with Gasteiger partial charge in [-0.1, -0.05) is 61.9 Å². The van der Waals surface area contributed by atoms with E-state index in [1.54, 1.807) is 0 Å². The number of para-hydroxylation sites is 2. The van der Waals surface area contributed by atoms with Gasteiger partial charge in [0.2, 0.25) is 5.96 Å². The van der Waals surface area contributed by atoms with Gasteiger partial charge in [0.15, 0.2) is 5.58 Å². The maximum absolute atomic E-state index is 13.1. The summed E-state index contributed by atoms with van der Waals surface area (Å²) >= 11 is 6.48. The third-order valence-electron chi connectivity index (χ3n) is 5.45. The first-order valence-corrected chi connectivity index (χ1v) is 10.2. The molecular formula is C23H21ClN4O2. The number of ketones is 1. The molecule has 152 valence electrons. The summed E-state index contributed by atoms with van der Waals surface area (Å²) in [7, 11) is 0. The van der Waals surface area contributed by atoms with E-state index < -0.39 is 12.0 Å². The molecule has 0 fully saturated rings. The van der Waals surface area contributed by atoms with Crippen molar-refractivity contribution in [1.29, 1.82) is 0 Å². The number of halogens is 1. The highest BCUT2D eigenvalue weighted by atomic mass is 35.5. The van der Waals surface area contributed by atoms with Crippen molar-refractivity contribution in [1.82, 2.24) is 10.3 Å². The van der Waals surface area contributed by atoms with Gasteiger partial charge in [-0.3, -0.25) is 10.1 Å². The predicted octanol–water partition coefficient (Wildman–Crippen LogP) is 5.09. The number of nitrogens with one attached hydrogen (secondary N) is 2. The van der Waals surface area contributed by atoms with Gasteiger partial charge in [-0.15, -0.1) is 0 Å². The van der Waals surface area contributed by atoms with Crippen LogP contribution < -0.4 is 10.6 Å². The topological polar surface area (TPSA) is 79.5 Å². The number of fused-ring (bicyclic) bond motifs is 2. The van der Waals surface area contributed by atoms with Crippen molar-refractivity contribution >= 4 is 40.5 Å². The minimum Gasteiger partial charge on any atom is -0.423 e. The minimum absolute atomic E-state index is 0.152. The molecule has 1 aliphatic heterocycles. The fourth-order valence-electron chi connectivity index (χ4n) is 4.19. The number of guanidine groups is 1. The fourth-order valence-corrected chi connectivity index (χ4v) is 4.44. The zero-order chi connectivity index (χ0) is 20.9. The third kappa shape index (κ3) is 3.37. The lowest BCUT2D eigenvalue weighted by Gasteiger charge is -2.38. The number of benzene rings is 2. The highest BCUT2D eigenvalue weighted by Crippen LogP contribution is 2.44. The molecule has 0 saturated carbocycles. The molecule has 7 heteroatoms. The van der Waals surface area contributed by atoms with Crippen LogP contribution in [0.15, 0.2) is 69.7 Å². The Bertz CT molecular complexity index is 1180. The van der Waals surface area contributed by atoms with Gasteiger partial charge in [0, 0.05) is 17.1 Å². The average molecular weight is 421 g/mol. The molecule has 1 aliphatic carbocycles. The van der Waals surface area contributed by atoms with Crippen LogP contribution in [-0.4, -0.2) is 16.7 Å². The lowest BCUT2D eigenvalue weighted by molar-refractivity contribution is -0.124. The van der Waals surface area contributed by atoms with Crippen LogP contribution in [0, 0.1) is 11.3 Å². The number of aromatic nitrogens is 1. The van der Waals surface area contributed by atoms with E-state index in [9.17, 15) is 4.79 Å². The predicted molar refractivity (Wildman–Crippen MR) is 117 cm³/mol. The van der Waals surface area contributed by atoms with E-state index in [0.29, 0.717) is 29.0 Å². The standard InChI is InChI=1S/C23H21ClN4O2/c1-23(2)11-16-19(17(29)12-23)20(13-7-3-4-8-14(13)24)27-21(25-16)28-22-26-15-9-5-6-10-18(15)30-22/h3-11,19-20H,12H2,1-2H3,(H2,25,26,27,28)/t19-,20-/m1/s1. The summed E-state index contributed by atoms with van der Waals surface area (Å²) in [6, 6.07) is 15.0. The zero-order valence-corrected chi connectivity index (χ0v) is 17.4. The lowest BCUT2D eigenvalue weighted by atomic mass is 9.72. The van der Waals surface area contributed by atoms with Crippen molar-refractivity contribution in [3.63, 3.8) is 0 Å². The summed E-state index contributed by atoms with van der Waals surface area (Å²) in [5.41, 5.74) is 2.85. The van der Waals surface area contributed by atoms with Crippen molar-refractivity contribution in [2.45, 2.75) is 26.3 Å². The second-order valence-corrected chi connectivity index (χ2v) is 8.80. The molecule has 0 spiro atoms. The Hall–Kier alpha value is -3.12. The lowest BCUT2D eigenvalue weighted by Crippen LogP contribution is -2.46. The summed E-state index contributed by atoms with van der Waals surface area (Å²) in [6.45, 7) is 4.11. The van der Waals surface area contributed by atoms with Gasteiger partial charge in [-0.25, -0.2) is 4.99 Å². The number of hydrogen-bond acceptors (Lipinski definition) is 6. The second-order valence-electron chi connectivity index (χ2n) is 8.39. The number of rotatable bonds is 2. The first kappa shape index (κ1) is 18.9. The van der Waals surface area contributed by atoms with E-state index in [4.69, 9.17) is 21.0 Å². The summed E-state index contributed by atoms with van der Waals surface area (Å²) in [4.78, 5) is 22.3. The molecule has 2 aromatic carbocycles. The normalized spacial score (nSPS) is 22.7. The summed E-state index contributed by atoms with van der Waals surface area (Å²) in [5, 5.41) is 7.01. The van der Waals surface area contributed by atoms with E-state index in [2.05, 4.69) is 35.5 Å². The van der Waals surface area contributed by atoms with Crippen molar-refractivity contribution in [2.24, 2.45) is 16.3 Å². The Labute approximate surface area is 179 Å². The Morgan fingerprint density at radius 1 is 1.17 bits per heavy atom. The van der Waals surface area contributed by atoms with Crippen molar-refractivity contribution in [3.8, 4) is 0 Å². The maximum atomic E-state index is 13.1. The van der Waals surface area contributed by atoms with Crippen LogP contribution in [0.4, 0.5) is 6.01 Å². The highest BCUT2D eigenvalue weighted by molar-refractivity contribution is 6.31. The second kappa shape index (κ2) is 6.99. The number of carbonyl (C=O) groups excluding carboxylic acids is 1. The van der Waals surface area contributed by atoms with E-state index >= 15 is 0 Å². The summed E-state index contributed by atoms with van der Waals surface area (Å²) < 4.78 is 5.78.